The van der Waals surface area contributed by atoms with Gasteiger partial charge < -0.3 is 5.32 Å². The molecule has 1 rings (SSSR count). The van der Waals surface area contributed by atoms with Gasteiger partial charge in [-0.25, -0.2) is 0 Å². The van der Waals surface area contributed by atoms with Crippen LogP contribution in [0.5, 0.6) is 0 Å². The molecule has 5 heteroatoms. The Morgan fingerprint density at radius 3 is 2.88 bits per heavy atom. The van der Waals surface area contributed by atoms with Gasteiger partial charge in [0.1, 0.15) is 0 Å². The Morgan fingerprint density at radius 1 is 1.44 bits per heavy atom. The van der Waals surface area contributed by atoms with Crippen LogP contribution in [0.1, 0.15) is 23.2 Å². The van der Waals surface area contributed by atoms with E-state index in [4.69, 9.17) is 5.26 Å². The van der Waals surface area contributed by atoms with Crippen LogP contribution < -0.4 is 5.32 Å². The van der Waals surface area contributed by atoms with Gasteiger partial charge in [-0.1, -0.05) is 15.9 Å². The van der Waals surface area contributed by atoms with E-state index in [1.165, 1.54) is 0 Å². The van der Waals surface area contributed by atoms with E-state index >= 15 is 0 Å². The van der Waals surface area contributed by atoms with Gasteiger partial charge in [-0.2, -0.15) is 5.26 Å². The molecule has 1 aromatic carbocycles. The number of nitrogens with zero attached hydrogens (tertiary/aromatic N) is 1. The molecule has 1 aromatic rings. The monoisotopic (exact) mass is 344 g/mol. The lowest BCUT2D eigenvalue weighted by Crippen LogP contribution is -2.24. The van der Waals surface area contributed by atoms with Gasteiger partial charge in [0.25, 0.3) is 5.91 Å². The van der Waals surface area contributed by atoms with E-state index in [0.717, 1.165) is 8.95 Å². The Kier molecular flexibility index (Phi) is 5.50. The molecular weight excluding hydrogens is 336 g/mol. The number of halogens is 2. The highest BCUT2D eigenvalue weighted by Crippen LogP contribution is 2.21. The quantitative estimate of drug-likeness (QED) is 0.851. The topological polar surface area (TPSA) is 52.9 Å². The fourth-order valence-corrected chi connectivity index (χ4v) is 1.92. The summed E-state index contributed by atoms with van der Waals surface area (Å²) in [5.41, 5.74) is 0.589. The highest BCUT2D eigenvalue weighted by atomic mass is 79.9. The summed E-state index contributed by atoms with van der Waals surface area (Å²) in [5.74, 6) is -0.133. The average Bonchev–Trinajstić information content (AvgIpc) is 2.27. The van der Waals surface area contributed by atoms with Crippen LogP contribution in [-0.4, -0.2) is 12.5 Å². The maximum Gasteiger partial charge on any atom is 0.252 e. The molecule has 0 radical (unpaired) electrons. The molecule has 16 heavy (non-hydrogen) atoms. The molecule has 0 heterocycles. The molecule has 0 bridgehead atoms. The van der Waals surface area contributed by atoms with Crippen LogP contribution in [0.4, 0.5) is 0 Å². The van der Waals surface area contributed by atoms with E-state index < -0.39 is 0 Å². The predicted molar refractivity (Wildman–Crippen MR) is 69.0 cm³/mol. The highest BCUT2D eigenvalue weighted by molar-refractivity contribution is 9.11. The Balaban J connectivity index is 2.59. The lowest BCUT2D eigenvalue weighted by atomic mass is 10.2. The van der Waals surface area contributed by atoms with E-state index in [1.807, 2.05) is 18.2 Å². The number of nitrogens with one attached hydrogen (secondary N) is 1. The summed E-state index contributed by atoms with van der Waals surface area (Å²) in [6.45, 7) is 0.519. The van der Waals surface area contributed by atoms with Crippen molar-refractivity contribution in [2.75, 3.05) is 6.54 Å². The molecule has 0 atom stereocenters. The van der Waals surface area contributed by atoms with E-state index in [2.05, 4.69) is 37.2 Å². The summed E-state index contributed by atoms with van der Waals surface area (Å²) in [4.78, 5) is 11.7. The maximum absolute atomic E-state index is 11.7. The van der Waals surface area contributed by atoms with Crippen LogP contribution in [0.25, 0.3) is 0 Å². The first-order valence-electron chi connectivity index (χ1n) is 4.75. The number of carbonyl (C=O) groups is 1. The van der Waals surface area contributed by atoms with Gasteiger partial charge in [0, 0.05) is 21.9 Å². The Bertz CT molecular complexity index is 426. The highest BCUT2D eigenvalue weighted by Gasteiger charge is 2.09. The van der Waals surface area contributed by atoms with Crippen molar-refractivity contribution in [1.82, 2.24) is 5.32 Å². The van der Waals surface area contributed by atoms with Crippen molar-refractivity contribution in [1.29, 1.82) is 5.26 Å². The fourth-order valence-electron chi connectivity index (χ4n) is 1.14. The number of rotatable bonds is 4. The zero-order valence-electron chi connectivity index (χ0n) is 8.46. The van der Waals surface area contributed by atoms with Crippen LogP contribution in [0.3, 0.4) is 0 Å². The van der Waals surface area contributed by atoms with Crippen molar-refractivity contribution in [3.05, 3.63) is 32.7 Å². The molecule has 0 fully saturated rings. The Hall–Kier alpha value is -0.860. The van der Waals surface area contributed by atoms with Gasteiger partial charge in [0.2, 0.25) is 0 Å². The molecule has 0 saturated heterocycles. The van der Waals surface area contributed by atoms with Gasteiger partial charge >= 0.3 is 0 Å². The van der Waals surface area contributed by atoms with Crippen molar-refractivity contribution in [2.45, 2.75) is 12.8 Å². The molecule has 3 nitrogen and oxygen atoms in total. The number of benzene rings is 1. The minimum Gasteiger partial charge on any atom is -0.352 e. The summed E-state index contributed by atoms with van der Waals surface area (Å²) < 4.78 is 1.62. The van der Waals surface area contributed by atoms with Crippen molar-refractivity contribution < 1.29 is 4.79 Å². The third-order valence-corrected chi connectivity index (χ3v) is 3.11. The zero-order valence-corrected chi connectivity index (χ0v) is 11.6. The second kappa shape index (κ2) is 6.66. The van der Waals surface area contributed by atoms with Crippen LogP contribution in [0, 0.1) is 11.3 Å². The average molecular weight is 346 g/mol. The Labute approximate surface area is 111 Å². The van der Waals surface area contributed by atoms with Crippen LogP contribution in [0.2, 0.25) is 0 Å². The van der Waals surface area contributed by atoms with E-state index in [1.54, 1.807) is 6.07 Å². The molecule has 0 aromatic heterocycles. The first-order valence-corrected chi connectivity index (χ1v) is 6.34. The summed E-state index contributed by atoms with van der Waals surface area (Å²) in [6, 6.07) is 7.46. The second-order valence-corrected chi connectivity index (χ2v) is 4.91. The SMILES string of the molecule is N#CCCCNC(=O)c1cc(Br)ccc1Br. The number of carbonyl (C=O) groups excluding carboxylic acids is 1. The van der Waals surface area contributed by atoms with Crippen LogP contribution >= 0.6 is 31.9 Å². The van der Waals surface area contributed by atoms with Crippen molar-refractivity contribution >= 4 is 37.8 Å². The smallest absolute Gasteiger partial charge is 0.252 e. The molecule has 0 spiro atoms. The number of hydrogen-bond acceptors (Lipinski definition) is 2. The van der Waals surface area contributed by atoms with Gasteiger partial charge in [-0.15, -0.1) is 0 Å². The lowest BCUT2D eigenvalue weighted by Gasteiger charge is -2.06. The van der Waals surface area contributed by atoms with Gasteiger partial charge in [-0.05, 0) is 40.5 Å². The second-order valence-electron chi connectivity index (χ2n) is 3.14. The molecular formula is C11H10Br2N2O. The molecule has 0 aliphatic rings. The molecule has 0 unspecified atom stereocenters. The van der Waals surface area contributed by atoms with E-state index in [9.17, 15) is 4.79 Å². The fraction of sp³-hybridized carbons (Fsp3) is 0.273. The summed E-state index contributed by atoms with van der Waals surface area (Å²) in [7, 11) is 0. The molecule has 84 valence electrons. The Morgan fingerprint density at radius 2 is 2.19 bits per heavy atom. The van der Waals surface area contributed by atoms with Crippen molar-refractivity contribution in [2.24, 2.45) is 0 Å². The van der Waals surface area contributed by atoms with Gasteiger partial charge in [0.05, 0.1) is 11.6 Å². The molecule has 0 aliphatic carbocycles. The normalized spacial score (nSPS) is 9.56. The van der Waals surface area contributed by atoms with E-state index in [-0.39, 0.29) is 5.91 Å². The summed E-state index contributed by atoms with van der Waals surface area (Å²) >= 11 is 6.63. The first-order chi connectivity index (χ1) is 7.65. The maximum atomic E-state index is 11.7. The van der Waals surface area contributed by atoms with Gasteiger partial charge in [-0.3, -0.25) is 4.79 Å². The number of amides is 1. The van der Waals surface area contributed by atoms with Crippen LogP contribution in [0.15, 0.2) is 27.1 Å². The molecule has 0 saturated carbocycles. The third kappa shape index (κ3) is 3.95. The minimum absolute atomic E-state index is 0.133. The third-order valence-electron chi connectivity index (χ3n) is 1.92. The molecule has 1 N–H and O–H groups in total. The number of unbranched alkanes of at least 4 members (excludes halogenated alkanes) is 1. The first kappa shape index (κ1) is 13.2. The van der Waals surface area contributed by atoms with Gasteiger partial charge in [0.15, 0.2) is 0 Å². The van der Waals surface area contributed by atoms with Crippen molar-refractivity contribution in [3.63, 3.8) is 0 Å². The lowest BCUT2D eigenvalue weighted by molar-refractivity contribution is 0.0952. The summed E-state index contributed by atoms with van der Waals surface area (Å²) in [5, 5.41) is 11.1. The van der Waals surface area contributed by atoms with Crippen LogP contribution in [-0.2, 0) is 0 Å². The molecule has 0 aliphatic heterocycles. The number of nitriles is 1. The molecule has 1 amide bonds. The van der Waals surface area contributed by atoms with Crippen molar-refractivity contribution in [3.8, 4) is 6.07 Å². The largest absolute Gasteiger partial charge is 0.352 e. The number of hydrogen-bond donors (Lipinski definition) is 1. The summed E-state index contributed by atoms with van der Waals surface area (Å²) in [6.07, 6.45) is 1.13. The minimum atomic E-state index is -0.133. The predicted octanol–water partition coefficient (Wildman–Crippen LogP) is 3.25. The van der Waals surface area contributed by atoms with E-state index in [0.29, 0.717) is 24.9 Å². The zero-order chi connectivity index (χ0) is 12.0. The standard InChI is InChI=1S/C11H10Br2N2O/c12-8-3-4-10(13)9(7-8)11(16)15-6-2-1-5-14/h3-4,7H,1-2,6H2,(H,15,16).